The van der Waals surface area contributed by atoms with Crippen LogP contribution in [0, 0.1) is 0 Å². The molecule has 0 saturated carbocycles. The molecule has 7 heteroatoms. The predicted molar refractivity (Wildman–Crippen MR) is 74.7 cm³/mol. The fourth-order valence-electron chi connectivity index (χ4n) is 2.09. The highest BCUT2D eigenvalue weighted by atomic mass is 32.2. The van der Waals surface area contributed by atoms with Gasteiger partial charge in [-0.25, -0.2) is 13.4 Å². The Kier molecular flexibility index (Phi) is 4.38. The Labute approximate surface area is 114 Å². The molecule has 0 spiro atoms. The molecule has 1 N–H and O–H groups in total. The zero-order valence-electron chi connectivity index (χ0n) is 11.3. The summed E-state index contributed by atoms with van der Waals surface area (Å²) in [6, 6.07) is 3.28. The Morgan fingerprint density at radius 1 is 1.21 bits per heavy atom. The molecular formula is C12H20N4O2S. The SMILES string of the molecule is CNc1ccc(S(=O)(=O)N2CCCN(C)CC2)cn1. The molecule has 1 aromatic rings. The van der Waals surface area contributed by atoms with Crippen molar-refractivity contribution in [2.45, 2.75) is 11.3 Å². The molecule has 1 saturated heterocycles. The van der Waals surface area contributed by atoms with Gasteiger partial charge < -0.3 is 10.2 Å². The van der Waals surface area contributed by atoms with Gasteiger partial charge in [0.1, 0.15) is 10.7 Å². The van der Waals surface area contributed by atoms with Gasteiger partial charge in [-0.2, -0.15) is 4.31 Å². The van der Waals surface area contributed by atoms with Gasteiger partial charge in [0.2, 0.25) is 10.0 Å². The maximum Gasteiger partial charge on any atom is 0.244 e. The van der Waals surface area contributed by atoms with Gasteiger partial charge in [-0.15, -0.1) is 0 Å². The summed E-state index contributed by atoms with van der Waals surface area (Å²) in [5, 5.41) is 2.87. The number of anilines is 1. The highest BCUT2D eigenvalue weighted by Gasteiger charge is 2.26. The minimum absolute atomic E-state index is 0.260. The topological polar surface area (TPSA) is 65.5 Å². The molecule has 1 aromatic heterocycles. The van der Waals surface area contributed by atoms with Gasteiger partial charge in [-0.1, -0.05) is 0 Å². The van der Waals surface area contributed by atoms with Crippen molar-refractivity contribution in [1.29, 1.82) is 0 Å². The maximum absolute atomic E-state index is 12.5. The number of nitrogens with one attached hydrogen (secondary N) is 1. The zero-order valence-corrected chi connectivity index (χ0v) is 12.2. The minimum Gasteiger partial charge on any atom is -0.373 e. The number of nitrogens with zero attached hydrogens (tertiary/aromatic N) is 3. The number of pyridine rings is 1. The molecule has 0 radical (unpaired) electrons. The first kappa shape index (κ1) is 14.2. The van der Waals surface area contributed by atoms with E-state index >= 15 is 0 Å². The number of aromatic nitrogens is 1. The number of hydrogen-bond donors (Lipinski definition) is 1. The van der Waals surface area contributed by atoms with Crippen LogP contribution in [0.3, 0.4) is 0 Å². The van der Waals surface area contributed by atoms with E-state index in [1.54, 1.807) is 23.5 Å². The molecule has 0 amide bonds. The number of rotatable bonds is 3. The van der Waals surface area contributed by atoms with Crippen molar-refractivity contribution in [2.24, 2.45) is 0 Å². The van der Waals surface area contributed by atoms with Gasteiger partial charge in [0.25, 0.3) is 0 Å². The molecule has 2 rings (SSSR count). The van der Waals surface area contributed by atoms with Crippen LogP contribution < -0.4 is 5.32 Å². The van der Waals surface area contributed by atoms with Crippen LogP contribution in [-0.2, 0) is 10.0 Å². The van der Waals surface area contributed by atoms with Gasteiger partial charge in [0, 0.05) is 32.9 Å². The smallest absolute Gasteiger partial charge is 0.244 e. The summed E-state index contributed by atoms with van der Waals surface area (Å²) < 4.78 is 26.5. The summed E-state index contributed by atoms with van der Waals surface area (Å²) in [5.74, 6) is 0.662. The van der Waals surface area contributed by atoms with Gasteiger partial charge in [0.15, 0.2) is 0 Å². The van der Waals surface area contributed by atoms with E-state index in [-0.39, 0.29) is 4.90 Å². The van der Waals surface area contributed by atoms with E-state index in [0.717, 1.165) is 19.5 Å². The highest BCUT2D eigenvalue weighted by molar-refractivity contribution is 7.89. The van der Waals surface area contributed by atoms with Crippen LogP contribution in [0.15, 0.2) is 23.2 Å². The number of sulfonamides is 1. The summed E-state index contributed by atoms with van der Waals surface area (Å²) >= 11 is 0. The zero-order chi connectivity index (χ0) is 13.9. The van der Waals surface area contributed by atoms with Crippen LogP contribution in [0.4, 0.5) is 5.82 Å². The fraction of sp³-hybridized carbons (Fsp3) is 0.583. The normalized spacial score (nSPS) is 19.1. The summed E-state index contributed by atoms with van der Waals surface area (Å²) in [6.45, 7) is 2.80. The summed E-state index contributed by atoms with van der Waals surface area (Å²) in [7, 11) is 0.347. The molecule has 106 valence electrons. The van der Waals surface area contributed by atoms with Crippen molar-refractivity contribution in [3.8, 4) is 0 Å². The second-order valence-electron chi connectivity index (χ2n) is 4.69. The standard InChI is InChI=1S/C12H20N4O2S/c1-13-12-5-4-11(10-14-12)19(17,18)16-7-3-6-15(2)8-9-16/h4-5,10H,3,6-9H2,1-2H3,(H,13,14). The van der Waals surface area contributed by atoms with Gasteiger partial charge >= 0.3 is 0 Å². The van der Waals surface area contributed by atoms with Crippen LogP contribution in [0.25, 0.3) is 0 Å². The molecule has 19 heavy (non-hydrogen) atoms. The van der Waals surface area contributed by atoms with E-state index in [2.05, 4.69) is 15.2 Å². The fourth-order valence-corrected chi connectivity index (χ4v) is 3.51. The van der Waals surface area contributed by atoms with E-state index in [1.165, 1.54) is 6.20 Å². The third-order valence-corrected chi connectivity index (χ3v) is 5.19. The van der Waals surface area contributed by atoms with Gasteiger partial charge in [0.05, 0.1) is 0 Å². The predicted octanol–water partition coefficient (Wildman–Crippen LogP) is 0.449. The van der Waals surface area contributed by atoms with E-state index in [4.69, 9.17) is 0 Å². The van der Waals surface area contributed by atoms with Crippen molar-refractivity contribution >= 4 is 15.8 Å². The van der Waals surface area contributed by atoms with Crippen molar-refractivity contribution in [2.75, 3.05) is 45.6 Å². The van der Waals surface area contributed by atoms with Gasteiger partial charge in [-0.3, -0.25) is 0 Å². The summed E-state index contributed by atoms with van der Waals surface area (Å²) in [4.78, 5) is 6.48. The van der Waals surface area contributed by atoms with Crippen molar-refractivity contribution in [3.05, 3.63) is 18.3 Å². The van der Waals surface area contributed by atoms with Crippen molar-refractivity contribution < 1.29 is 8.42 Å². The lowest BCUT2D eigenvalue weighted by Crippen LogP contribution is -2.34. The molecule has 1 aliphatic heterocycles. The Morgan fingerprint density at radius 2 is 2.00 bits per heavy atom. The van der Waals surface area contributed by atoms with E-state index in [9.17, 15) is 8.42 Å². The van der Waals surface area contributed by atoms with Crippen LogP contribution in [0.2, 0.25) is 0 Å². The minimum atomic E-state index is -3.42. The molecule has 6 nitrogen and oxygen atoms in total. The van der Waals surface area contributed by atoms with Crippen LogP contribution in [0.5, 0.6) is 0 Å². The van der Waals surface area contributed by atoms with Crippen LogP contribution >= 0.6 is 0 Å². The Bertz CT molecular complexity index is 515. The molecule has 1 fully saturated rings. The van der Waals surface area contributed by atoms with Crippen LogP contribution in [-0.4, -0.2) is 62.9 Å². The summed E-state index contributed by atoms with van der Waals surface area (Å²) in [5.41, 5.74) is 0. The van der Waals surface area contributed by atoms with Crippen molar-refractivity contribution in [1.82, 2.24) is 14.2 Å². The molecular weight excluding hydrogens is 264 g/mol. The molecule has 2 heterocycles. The van der Waals surface area contributed by atoms with Crippen molar-refractivity contribution in [3.63, 3.8) is 0 Å². The third-order valence-electron chi connectivity index (χ3n) is 3.31. The largest absolute Gasteiger partial charge is 0.373 e. The van der Waals surface area contributed by atoms with E-state index < -0.39 is 10.0 Å². The average molecular weight is 284 g/mol. The lowest BCUT2D eigenvalue weighted by molar-refractivity contribution is 0.347. The molecule has 1 aliphatic rings. The van der Waals surface area contributed by atoms with E-state index in [0.29, 0.717) is 18.9 Å². The lowest BCUT2D eigenvalue weighted by atomic mass is 10.4. The first-order chi connectivity index (χ1) is 9.04. The maximum atomic E-state index is 12.5. The van der Waals surface area contributed by atoms with Crippen LogP contribution in [0.1, 0.15) is 6.42 Å². The lowest BCUT2D eigenvalue weighted by Gasteiger charge is -2.20. The average Bonchev–Trinajstić information content (AvgIpc) is 2.64. The second-order valence-corrected chi connectivity index (χ2v) is 6.63. The first-order valence-corrected chi connectivity index (χ1v) is 7.80. The molecule has 0 aliphatic carbocycles. The molecule has 0 bridgehead atoms. The van der Waals surface area contributed by atoms with Gasteiger partial charge in [-0.05, 0) is 32.1 Å². The molecule has 0 aromatic carbocycles. The molecule has 0 atom stereocenters. The van der Waals surface area contributed by atoms with E-state index in [1.807, 2.05) is 7.05 Å². The first-order valence-electron chi connectivity index (χ1n) is 6.36. The second kappa shape index (κ2) is 5.85. The quantitative estimate of drug-likeness (QED) is 0.873. The Hall–Kier alpha value is -1.18. The monoisotopic (exact) mass is 284 g/mol. The molecule has 0 unspecified atom stereocenters. The number of hydrogen-bond acceptors (Lipinski definition) is 5. The Morgan fingerprint density at radius 3 is 2.63 bits per heavy atom. The summed E-state index contributed by atoms with van der Waals surface area (Å²) in [6.07, 6.45) is 2.27. The Balaban J connectivity index is 2.20. The highest BCUT2D eigenvalue weighted by Crippen LogP contribution is 2.17. The number of likely N-dealkylation sites (N-methyl/N-ethyl adjacent to an activating group) is 1. The third kappa shape index (κ3) is 3.23.